The average molecular weight is 516 g/mol. The minimum atomic E-state index is -3.66. The molecule has 0 atom stereocenters. The third-order valence-electron chi connectivity index (χ3n) is 0.500. The van der Waals surface area contributed by atoms with Gasteiger partial charge in [0.2, 0.25) is 0 Å². The predicted octanol–water partition coefficient (Wildman–Crippen LogP) is -0.562. The molecule has 6 nitrogen and oxygen atoms in total. The van der Waals surface area contributed by atoms with Crippen LogP contribution in [0.25, 0.3) is 0 Å². The van der Waals surface area contributed by atoms with Crippen molar-refractivity contribution >= 4 is 0 Å². The molecule has 0 N–H and O–H groups in total. The second-order valence-electron chi connectivity index (χ2n) is 1.06. The van der Waals surface area contributed by atoms with E-state index in [1.54, 1.807) is 0 Å². The van der Waals surface area contributed by atoms with Crippen LogP contribution >= 0.6 is 0 Å². The Bertz CT molecular complexity index is 135. The van der Waals surface area contributed by atoms with Crippen molar-refractivity contribution in [3.63, 3.8) is 0 Å². The Labute approximate surface area is 100 Å². The fourth-order valence-corrected chi connectivity index (χ4v) is 34.9. The number of rotatable bonds is 0. The topological polar surface area (TPSA) is 78.9 Å². The van der Waals surface area contributed by atoms with Gasteiger partial charge < -0.3 is 0 Å². The van der Waals surface area contributed by atoms with E-state index < -0.39 is 110 Å². The molecule has 0 amide bonds. The van der Waals surface area contributed by atoms with E-state index in [4.69, 9.17) is 0 Å². The zero-order valence-electron chi connectivity index (χ0n) is 3.95. The molecule has 9 heteroatoms. The molecule has 48 valence electrons. The molecule has 0 spiro atoms. The molecule has 0 bridgehead atoms. The van der Waals surface area contributed by atoms with Crippen molar-refractivity contribution < 1.29 is 105 Å². The van der Waals surface area contributed by atoms with Gasteiger partial charge in [-0.1, -0.05) is 0 Å². The Morgan fingerprint density at radius 1 is 0.667 bits per heavy atom. The van der Waals surface area contributed by atoms with Gasteiger partial charge in [0.25, 0.3) is 0 Å². The van der Waals surface area contributed by atoms with Crippen LogP contribution in [-0.2, 0) is -5.69 Å². The van der Waals surface area contributed by atoms with E-state index in [9.17, 15) is 2.81 Å². The first-order valence-corrected chi connectivity index (χ1v) is 13.4. The van der Waals surface area contributed by atoms with Gasteiger partial charge in [0, 0.05) is 0 Å². The van der Waals surface area contributed by atoms with Crippen molar-refractivity contribution in [3.8, 4) is 0 Å². The summed E-state index contributed by atoms with van der Waals surface area (Å²) in [5.41, 5.74) is 0. The maximum absolute atomic E-state index is 10.4. The summed E-state index contributed by atoms with van der Waals surface area (Å²) in [7, 11) is 0. The Kier molecular flexibility index (Phi) is 6.07. The molecule has 0 saturated carbocycles. The molecule has 0 aromatic heterocycles. The van der Waals surface area contributed by atoms with Gasteiger partial charge in [-0.3, -0.25) is 0 Å². The van der Waals surface area contributed by atoms with Crippen LogP contribution in [0.4, 0.5) is 0 Å². The summed E-state index contributed by atoms with van der Waals surface area (Å²) >= 11 is -11.0. The second-order valence-corrected chi connectivity index (χ2v) is 21.7. The second kappa shape index (κ2) is 5.21. The molecule has 1 aliphatic rings. The van der Waals surface area contributed by atoms with Crippen LogP contribution in [0.1, 0.15) is 0 Å². The average Bonchev–Trinajstić information content (AvgIpc) is 1.59. The van der Waals surface area contributed by atoms with Crippen molar-refractivity contribution in [2.24, 2.45) is 0 Å². The molecule has 9 heavy (non-hydrogen) atoms. The van der Waals surface area contributed by atoms with Crippen LogP contribution in [0.15, 0.2) is 0 Å². The third-order valence-corrected chi connectivity index (χ3v) is 26.5. The van der Waals surface area contributed by atoms with E-state index in [0.717, 1.165) is 0 Å². The van der Waals surface area contributed by atoms with Gasteiger partial charge in [-0.05, 0) is 0 Å². The maximum atomic E-state index is 10.4. The standard InChI is InChI=1S/3Ce.6O. The van der Waals surface area contributed by atoms with Crippen LogP contribution in [0.2, 0.25) is 0 Å². The summed E-state index contributed by atoms with van der Waals surface area (Å²) in [6.07, 6.45) is 0. The Balaban J connectivity index is 2.64. The molecule has 1 fully saturated rings. The third kappa shape index (κ3) is 4.25. The van der Waals surface area contributed by atoms with Gasteiger partial charge >= 0.3 is 105 Å². The van der Waals surface area contributed by atoms with Crippen molar-refractivity contribution in [2.75, 3.05) is 0 Å². The van der Waals surface area contributed by atoms with E-state index in [2.05, 4.69) is -8.50 Å². The molecule has 0 aliphatic carbocycles. The van der Waals surface area contributed by atoms with E-state index in [-0.39, 0.29) is 0 Å². The van der Waals surface area contributed by atoms with Crippen LogP contribution < -0.4 is 0 Å². The summed E-state index contributed by atoms with van der Waals surface area (Å²) in [4.78, 5) is 0. The van der Waals surface area contributed by atoms with Crippen LogP contribution in [0.5, 0.6) is 0 Å². The fourth-order valence-electron chi connectivity index (χ4n) is 0.267. The van der Waals surface area contributed by atoms with Gasteiger partial charge in [-0.25, -0.2) is 0 Å². The van der Waals surface area contributed by atoms with Crippen molar-refractivity contribution in [2.45, 2.75) is 0 Å². The molecule has 1 aliphatic heterocycles. The van der Waals surface area contributed by atoms with Gasteiger partial charge in [-0.2, -0.15) is 0 Å². The summed E-state index contributed by atoms with van der Waals surface area (Å²) in [5.74, 6) is 0. The molecule has 1 saturated heterocycles. The first kappa shape index (κ1) is 10.5. The minimum absolute atomic E-state index is 3.66. The van der Waals surface area contributed by atoms with Gasteiger partial charge in [0.1, 0.15) is 0 Å². The van der Waals surface area contributed by atoms with Gasteiger partial charge in [0.05, 0.1) is 0 Å². The van der Waals surface area contributed by atoms with E-state index in [0.29, 0.717) is 0 Å². The zero-order valence-corrected chi connectivity index (χ0v) is 13.4. The first-order chi connectivity index (χ1) is 4.18. The molecule has 0 aromatic rings. The van der Waals surface area contributed by atoms with Crippen molar-refractivity contribution in [1.29, 1.82) is 0 Å². The normalized spacial score (nSPS) is 20.7. The summed E-state index contributed by atoms with van der Waals surface area (Å²) in [5, 5.41) is 0. The van der Waals surface area contributed by atoms with Crippen LogP contribution in [0.3, 0.4) is 0 Å². The van der Waals surface area contributed by atoms with Crippen molar-refractivity contribution in [3.05, 3.63) is 0 Å². The summed E-state index contributed by atoms with van der Waals surface area (Å²) < 4.78 is 43.9. The molecule has 0 unspecified atom stereocenters. The monoisotopic (exact) mass is 516 g/mol. The van der Waals surface area contributed by atoms with E-state index in [1.165, 1.54) is 0 Å². The van der Waals surface area contributed by atoms with E-state index in [1.807, 2.05) is 0 Å². The quantitative estimate of drug-likeness (QED) is 0.430. The number of hydrogen-bond acceptors (Lipinski definition) is 6. The molecule has 1 heterocycles. The van der Waals surface area contributed by atoms with Crippen LogP contribution in [0, 0.1) is 110 Å². The Hall–Kier alpha value is 3.41. The fraction of sp³-hybridized carbons (Fsp3) is 0. The number of hydrogen-bond donors (Lipinski definition) is 0. The molecular weight excluding hydrogens is 516 g/mol. The molecule has 0 radical (unpaired) electrons. The van der Waals surface area contributed by atoms with Gasteiger partial charge in [0.15, 0.2) is 0 Å². The van der Waals surface area contributed by atoms with Crippen LogP contribution in [-0.4, -0.2) is 0 Å². The Morgan fingerprint density at radius 2 is 0.889 bits per heavy atom. The van der Waals surface area contributed by atoms with Gasteiger partial charge in [-0.15, -0.1) is 0 Å². The zero-order chi connectivity index (χ0) is 6.85. The SMILES string of the molecule is [O]=[Ce]1[O][Ce](=[O])[O][Ce](=[O])[O]1. The predicted molar refractivity (Wildman–Crippen MR) is 5.31 cm³/mol. The summed E-state index contributed by atoms with van der Waals surface area (Å²) in [6.45, 7) is 0. The molecule has 0 aromatic carbocycles. The van der Waals surface area contributed by atoms with E-state index >= 15 is 0 Å². The summed E-state index contributed by atoms with van der Waals surface area (Å²) in [6, 6.07) is 0. The molecule has 1 rings (SSSR count). The first-order valence-electron chi connectivity index (χ1n) is 1.84. The Morgan fingerprint density at radius 3 is 1.11 bits per heavy atom. The van der Waals surface area contributed by atoms with Crippen molar-refractivity contribution in [1.82, 2.24) is 0 Å². The molecular formula is Ce3O6.